The van der Waals surface area contributed by atoms with Gasteiger partial charge in [-0.2, -0.15) is 0 Å². The van der Waals surface area contributed by atoms with E-state index < -0.39 is 0 Å². The Balaban J connectivity index is 2.84. The molecule has 0 spiro atoms. The molecule has 0 bridgehead atoms. The van der Waals surface area contributed by atoms with Crippen LogP contribution in [-0.4, -0.2) is 26.1 Å². The Kier molecular flexibility index (Phi) is 5.65. The molecule has 1 rings (SSSR count). The molecule has 0 aliphatic heterocycles. The van der Waals surface area contributed by atoms with E-state index in [-0.39, 0.29) is 5.91 Å². The highest BCUT2D eigenvalue weighted by molar-refractivity contribution is 5.79. The zero-order valence-corrected chi connectivity index (χ0v) is 11.3. The van der Waals surface area contributed by atoms with Crippen LogP contribution in [0.15, 0.2) is 18.2 Å². The summed E-state index contributed by atoms with van der Waals surface area (Å²) in [6.07, 6.45) is 0.323. The van der Waals surface area contributed by atoms with Crippen molar-refractivity contribution in [2.75, 3.05) is 20.2 Å². The van der Waals surface area contributed by atoms with Crippen LogP contribution in [0.25, 0.3) is 0 Å². The molecular formula is C14H22N2O2. The van der Waals surface area contributed by atoms with Gasteiger partial charge in [0.15, 0.2) is 0 Å². The highest BCUT2D eigenvalue weighted by Gasteiger charge is 2.10. The number of ether oxygens (including phenoxy) is 1. The van der Waals surface area contributed by atoms with E-state index in [4.69, 9.17) is 10.5 Å². The minimum absolute atomic E-state index is 0.0281. The van der Waals surface area contributed by atoms with Crippen LogP contribution in [0.4, 0.5) is 0 Å². The molecule has 0 heterocycles. The first-order valence-electron chi connectivity index (χ1n) is 6.22. The number of rotatable bonds is 6. The van der Waals surface area contributed by atoms with Gasteiger partial charge in [-0.15, -0.1) is 0 Å². The predicted molar refractivity (Wildman–Crippen MR) is 72.9 cm³/mol. The fourth-order valence-corrected chi connectivity index (χ4v) is 1.74. The van der Waals surface area contributed by atoms with E-state index in [0.717, 1.165) is 11.3 Å². The lowest BCUT2D eigenvalue weighted by atomic mass is 9.99. The number of methoxy groups -OCH3 is 1. The number of hydrogen-bond donors (Lipinski definition) is 2. The van der Waals surface area contributed by atoms with Gasteiger partial charge in [-0.25, -0.2) is 0 Å². The second-order valence-corrected chi connectivity index (χ2v) is 4.54. The number of carbonyl (C=O) groups is 1. The molecule has 1 aromatic rings. The number of carbonyl (C=O) groups excluding carboxylic acids is 1. The molecule has 0 fully saturated rings. The van der Waals surface area contributed by atoms with Gasteiger partial charge in [-0.05, 0) is 17.5 Å². The highest BCUT2D eigenvalue weighted by atomic mass is 16.5. The maximum absolute atomic E-state index is 11.7. The van der Waals surface area contributed by atoms with Crippen molar-refractivity contribution >= 4 is 5.91 Å². The molecule has 0 aromatic heterocycles. The molecule has 0 saturated carbocycles. The molecule has 18 heavy (non-hydrogen) atoms. The third-order valence-electron chi connectivity index (χ3n) is 2.79. The summed E-state index contributed by atoms with van der Waals surface area (Å²) in [6, 6.07) is 5.98. The molecule has 0 atom stereocenters. The Morgan fingerprint density at radius 3 is 2.72 bits per heavy atom. The molecule has 0 radical (unpaired) electrons. The molecule has 1 amide bonds. The molecule has 0 unspecified atom stereocenters. The van der Waals surface area contributed by atoms with Crippen molar-refractivity contribution in [2.24, 2.45) is 5.73 Å². The second kappa shape index (κ2) is 7.01. The van der Waals surface area contributed by atoms with Crippen LogP contribution >= 0.6 is 0 Å². The quantitative estimate of drug-likeness (QED) is 0.803. The average Bonchev–Trinajstić information content (AvgIpc) is 2.36. The Morgan fingerprint density at radius 1 is 1.44 bits per heavy atom. The van der Waals surface area contributed by atoms with Crippen molar-refractivity contribution in [1.29, 1.82) is 0 Å². The topological polar surface area (TPSA) is 64.3 Å². The lowest BCUT2D eigenvalue weighted by Crippen LogP contribution is -2.30. The fourth-order valence-electron chi connectivity index (χ4n) is 1.74. The Labute approximate surface area is 109 Å². The highest BCUT2D eigenvalue weighted by Crippen LogP contribution is 2.24. The van der Waals surface area contributed by atoms with E-state index in [1.54, 1.807) is 7.11 Å². The van der Waals surface area contributed by atoms with Crippen LogP contribution in [0.2, 0.25) is 0 Å². The van der Waals surface area contributed by atoms with E-state index in [1.165, 1.54) is 5.56 Å². The van der Waals surface area contributed by atoms with Gasteiger partial charge in [-0.3, -0.25) is 4.79 Å². The van der Waals surface area contributed by atoms with E-state index >= 15 is 0 Å². The fraction of sp³-hybridized carbons (Fsp3) is 0.500. The maximum atomic E-state index is 11.7. The Morgan fingerprint density at radius 2 is 2.17 bits per heavy atom. The summed E-state index contributed by atoms with van der Waals surface area (Å²) in [5.41, 5.74) is 7.47. The molecule has 4 heteroatoms. The molecular weight excluding hydrogens is 228 g/mol. The number of hydrogen-bond acceptors (Lipinski definition) is 3. The first kappa shape index (κ1) is 14.5. The minimum atomic E-state index is -0.0281. The summed E-state index contributed by atoms with van der Waals surface area (Å²) in [4.78, 5) is 11.7. The van der Waals surface area contributed by atoms with E-state index in [0.29, 0.717) is 25.4 Å². The van der Waals surface area contributed by atoms with Gasteiger partial charge in [0.05, 0.1) is 13.5 Å². The van der Waals surface area contributed by atoms with E-state index in [9.17, 15) is 4.79 Å². The van der Waals surface area contributed by atoms with Gasteiger partial charge in [-0.1, -0.05) is 26.0 Å². The predicted octanol–water partition coefficient (Wildman–Crippen LogP) is 1.44. The van der Waals surface area contributed by atoms with Crippen molar-refractivity contribution in [3.8, 4) is 5.75 Å². The number of nitrogens with two attached hydrogens (primary N) is 1. The zero-order valence-electron chi connectivity index (χ0n) is 11.3. The van der Waals surface area contributed by atoms with Gasteiger partial charge in [0, 0.05) is 18.7 Å². The van der Waals surface area contributed by atoms with E-state index in [1.807, 2.05) is 18.2 Å². The van der Waals surface area contributed by atoms with Crippen LogP contribution in [0.1, 0.15) is 30.9 Å². The van der Waals surface area contributed by atoms with Crippen molar-refractivity contribution in [1.82, 2.24) is 5.32 Å². The van der Waals surface area contributed by atoms with Crippen LogP contribution in [0.5, 0.6) is 5.75 Å². The van der Waals surface area contributed by atoms with E-state index in [2.05, 4.69) is 19.2 Å². The van der Waals surface area contributed by atoms with Crippen LogP contribution in [0.3, 0.4) is 0 Å². The first-order valence-corrected chi connectivity index (χ1v) is 6.22. The van der Waals surface area contributed by atoms with Gasteiger partial charge in [0.1, 0.15) is 5.75 Å². The molecule has 0 aliphatic rings. The molecule has 100 valence electrons. The third kappa shape index (κ3) is 4.04. The molecule has 4 nitrogen and oxygen atoms in total. The summed E-state index contributed by atoms with van der Waals surface area (Å²) in [6.45, 7) is 5.21. The smallest absolute Gasteiger partial charge is 0.224 e. The molecule has 0 saturated heterocycles. The standard InChI is InChI=1S/C14H22N2O2/c1-10(2)11-4-5-13(18-3)12(8-11)9-14(17)16-7-6-15/h4-5,8,10H,6-7,9,15H2,1-3H3,(H,16,17). The largest absolute Gasteiger partial charge is 0.496 e. The summed E-state index contributed by atoms with van der Waals surface area (Å²) in [7, 11) is 1.62. The van der Waals surface area contributed by atoms with Crippen molar-refractivity contribution in [3.63, 3.8) is 0 Å². The minimum Gasteiger partial charge on any atom is -0.496 e. The van der Waals surface area contributed by atoms with Crippen LogP contribution in [0, 0.1) is 0 Å². The summed E-state index contributed by atoms with van der Waals surface area (Å²) >= 11 is 0. The normalized spacial score (nSPS) is 10.5. The summed E-state index contributed by atoms with van der Waals surface area (Å²) < 4.78 is 5.28. The van der Waals surface area contributed by atoms with Crippen LogP contribution in [-0.2, 0) is 11.2 Å². The van der Waals surface area contributed by atoms with Gasteiger partial charge < -0.3 is 15.8 Å². The number of benzene rings is 1. The maximum Gasteiger partial charge on any atom is 0.224 e. The second-order valence-electron chi connectivity index (χ2n) is 4.54. The average molecular weight is 250 g/mol. The van der Waals surface area contributed by atoms with Crippen molar-refractivity contribution in [2.45, 2.75) is 26.2 Å². The number of amides is 1. The molecule has 0 aliphatic carbocycles. The molecule has 3 N–H and O–H groups in total. The zero-order chi connectivity index (χ0) is 13.5. The van der Waals surface area contributed by atoms with Crippen molar-refractivity contribution in [3.05, 3.63) is 29.3 Å². The number of nitrogens with one attached hydrogen (secondary N) is 1. The SMILES string of the molecule is COc1ccc(C(C)C)cc1CC(=O)NCCN. The van der Waals surface area contributed by atoms with Gasteiger partial charge >= 0.3 is 0 Å². The Bertz CT molecular complexity index is 403. The lowest BCUT2D eigenvalue weighted by Gasteiger charge is -2.12. The van der Waals surface area contributed by atoms with Crippen LogP contribution < -0.4 is 15.8 Å². The van der Waals surface area contributed by atoms with Gasteiger partial charge in [0.2, 0.25) is 5.91 Å². The first-order chi connectivity index (χ1) is 8.58. The summed E-state index contributed by atoms with van der Waals surface area (Å²) in [5.74, 6) is 1.16. The third-order valence-corrected chi connectivity index (χ3v) is 2.79. The summed E-state index contributed by atoms with van der Waals surface area (Å²) in [5, 5.41) is 2.76. The molecule has 1 aromatic carbocycles. The Hall–Kier alpha value is -1.55. The lowest BCUT2D eigenvalue weighted by molar-refractivity contribution is -0.120. The monoisotopic (exact) mass is 250 g/mol. The van der Waals surface area contributed by atoms with Gasteiger partial charge in [0.25, 0.3) is 0 Å². The van der Waals surface area contributed by atoms with Crippen molar-refractivity contribution < 1.29 is 9.53 Å².